The van der Waals surface area contributed by atoms with Gasteiger partial charge in [0, 0.05) is 19.6 Å². The van der Waals surface area contributed by atoms with Crippen molar-refractivity contribution in [3.8, 4) is 0 Å². The minimum absolute atomic E-state index is 0.107. The second-order valence-corrected chi connectivity index (χ2v) is 10.1. The number of unbranched alkanes of at least 4 members (excludes halogenated alkanes) is 1. The number of alkyl carbamates (subject to hydrolysis) is 1. The highest BCUT2D eigenvalue weighted by Crippen LogP contribution is 2.39. The van der Waals surface area contributed by atoms with Crippen LogP contribution in [0.5, 0.6) is 0 Å². The summed E-state index contributed by atoms with van der Waals surface area (Å²) in [6, 6.07) is 8.76. The number of barbiturate groups is 1. The van der Waals surface area contributed by atoms with Crippen molar-refractivity contribution in [3.05, 3.63) is 45.7 Å². The van der Waals surface area contributed by atoms with E-state index in [0.29, 0.717) is 17.1 Å². The molecular formula is C23H29N3O5S2. The summed E-state index contributed by atoms with van der Waals surface area (Å²) in [4.78, 5) is 53.3. The Kier molecular flexibility index (Phi) is 9.68. The van der Waals surface area contributed by atoms with Crippen LogP contribution < -0.4 is 5.32 Å². The fourth-order valence-electron chi connectivity index (χ4n) is 3.34. The van der Waals surface area contributed by atoms with Crippen molar-refractivity contribution in [2.75, 3.05) is 31.1 Å². The van der Waals surface area contributed by atoms with Crippen LogP contribution in [0.3, 0.4) is 0 Å². The lowest BCUT2D eigenvalue weighted by Crippen LogP contribution is -2.57. The Morgan fingerprint density at radius 3 is 2.27 bits per heavy atom. The zero-order valence-corrected chi connectivity index (χ0v) is 20.3. The SMILES string of the molecule is CCCCN1C(=O)C(=C2SCCCS2)C(=O)N(CCCNC(=O)OCc2ccccc2)C1=O. The Labute approximate surface area is 202 Å². The van der Waals surface area contributed by atoms with E-state index in [1.54, 1.807) is 0 Å². The first kappa shape index (κ1) is 25.2. The largest absolute Gasteiger partial charge is 0.445 e. The molecule has 1 aromatic rings. The maximum Gasteiger partial charge on any atom is 0.407 e. The first-order chi connectivity index (χ1) is 16.0. The number of nitrogens with one attached hydrogen (secondary N) is 1. The summed E-state index contributed by atoms with van der Waals surface area (Å²) in [5, 5.41) is 2.64. The lowest BCUT2D eigenvalue weighted by Gasteiger charge is -2.35. The summed E-state index contributed by atoms with van der Waals surface area (Å²) < 4.78 is 5.88. The van der Waals surface area contributed by atoms with E-state index >= 15 is 0 Å². The highest BCUT2D eigenvalue weighted by atomic mass is 32.2. The molecule has 2 heterocycles. The molecule has 33 heavy (non-hydrogen) atoms. The Morgan fingerprint density at radius 1 is 1.00 bits per heavy atom. The van der Waals surface area contributed by atoms with Gasteiger partial charge in [0.25, 0.3) is 11.8 Å². The van der Waals surface area contributed by atoms with Crippen LogP contribution in [0.2, 0.25) is 0 Å². The van der Waals surface area contributed by atoms with E-state index in [4.69, 9.17) is 4.74 Å². The molecule has 0 atom stereocenters. The van der Waals surface area contributed by atoms with Crippen LogP contribution in [0.25, 0.3) is 0 Å². The van der Waals surface area contributed by atoms with Gasteiger partial charge in [-0.05, 0) is 36.3 Å². The Balaban J connectivity index is 1.58. The average molecular weight is 492 g/mol. The molecule has 0 radical (unpaired) electrons. The monoisotopic (exact) mass is 491 g/mol. The number of benzene rings is 1. The lowest BCUT2D eigenvalue weighted by atomic mass is 10.1. The van der Waals surface area contributed by atoms with E-state index in [1.807, 2.05) is 37.3 Å². The van der Waals surface area contributed by atoms with Gasteiger partial charge >= 0.3 is 12.1 Å². The first-order valence-corrected chi connectivity index (χ1v) is 13.1. The smallest absolute Gasteiger partial charge is 0.407 e. The molecule has 2 saturated heterocycles. The molecule has 178 valence electrons. The lowest BCUT2D eigenvalue weighted by molar-refractivity contribution is -0.136. The summed E-state index contributed by atoms with van der Waals surface area (Å²) in [7, 11) is 0. The Morgan fingerprint density at radius 2 is 1.64 bits per heavy atom. The van der Waals surface area contributed by atoms with Crippen molar-refractivity contribution in [1.82, 2.24) is 15.1 Å². The molecule has 3 rings (SSSR count). The maximum absolute atomic E-state index is 13.1. The molecule has 0 bridgehead atoms. The number of nitrogens with zero attached hydrogens (tertiary/aromatic N) is 2. The van der Waals surface area contributed by atoms with Gasteiger partial charge in [-0.25, -0.2) is 9.59 Å². The minimum Gasteiger partial charge on any atom is -0.445 e. The van der Waals surface area contributed by atoms with E-state index in [9.17, 15) is 19.2 Å². The van der Waals surface area contributed by atoms with Gasteiger partial charge in [0.05, 0.1) is 4.24 Å². The highest BCUT2D eigenvalue weighted by Gasteiger charge is 2.43. The van der Waals surface area contributed by atoms with Crippen molar-refractivity contribution < 1.29 is 23.9 Å². The van der Waals surface area contributed by atoms with Crippen molar-refractivity contribution in [2.45, 2.75) is 39.2 Å². The number of ether oxygens (including phenoxy) is 1. The van der Waals surface area contributed by atoms with Gasteiger partial charge < -0.3 is 10.1 Å². The number of hydrogen-bond donors (Lipinski definition) is 1. The van der Waals surface area contributed by atoms with Gasteiger partial charge in [0.1, 0.15) is 12.2 Å². The zero-order valence-electron chi connectivity index (χ0n) is 18.7. The fourth-order valence-corrected chi connectivity index (χ4v) is 5.94. The number of rotatable bonds is 9. The van der Waals surface area contributed by atoms with Crippen LogP contribution >= 0.6 is 23.5 Å². The number of hydrogen-bond acceptors (Lipinski definition) is 7. The third-order valence-electron chi connectivity index (χ3n) is 5.11. The molecule has 10 heteroatoms. The molecule has 2 aliphatic heterocycles. The zero-order chi connectivity index (χ0) is 23.6. The topological polar surface area (TPSA) is 96.0 Å². The number of amides is 5. The molecular weight excluding hydrogens is 462 g/mol. The van der Waals surface area contributed by atoms with E-state index in [1.165, 1.54) is 28.4 Å². The number of carbonyl (C=O) groups excluding carboxylic acids is 4. The molecule has 8 nitrogen and oxygen atoms in total. The summed E-state index contributed by atoms with van der Waals surface area (Å²) >= 11 is 3.01. The maximum atomic E-state index is 13.1. The molecule has 0 aliphatic carbocycles. The molecule has 2 aliphatic rings. The van der Waals surface area contributed by atoms with Gasteiger partial charge in [-0.1, -0.05) is 43.7 Å². The number of urea groups is 1. The summed E-state index contributed by atoms with van der Waals surface area (Å²) in [6.07, 6.45) is 2.32. The van der Waals surface area contributed by atoms with Crippen LogP contribution in [-0.4, -0.2) is 64.9 Å². The standard InChI is InChI=1S/C23H29N3O5S2/c1-2-3-12-25-19(27)18(21-32-14-8-15-33-21)20(28)26(23(25)30)13-7-11-24-22(29)31-16-17-9-5-4-6-10-17/h4-6,9-10H,2-3,7-8,11-16H2,1H3,(H,24,29). The second kappa shape index (κ2) is 12.7. The van der Waals surface area contributed by atoms with Gasteiger partial charge in [-0.2, -0.15) is 0 Å². The minimum atomic E-state index is -0.583. The van der Waals surface area contributed by atoms with Gasteiger partial charge in [-0.3, -0.25) is 19.4 Å². The normalized spacial score (nSPS) is 16.9. The van der Waals surface area contributed by atoms with E-state index in [0.717, 1.165) is 34.8 Å². The first-order valence-electron chi connectivity index (χ1n) is 11.1. The molecule has 0 saturated carbocycles. The molecule has 1 N–H and O–H groups in total. The third kappa shape index (κ3) is 6.77. The molecule has 1 aromatic carbocycles. The quantitative estimate of drug-likeness (QED) is 0.317. The summed E-state index contributed by atoms with van der Waals surface area (Å²) in [6.45, 7) is 2.78. The average Bonchev–Trinajstić information content (AvgIpc) is 2.83. The highest BCUT2D eigenvalue weighted by molar-refractivity contribution is 8.22. The van der Waals surface area contributed by atoms with Crippen LogP contribution in [-0.2, 0) is 20.9 Å². The van der Waals surface area contributed by atoms with Crippen LogP contribution in [0.4, 0.5) is 9.59 Å². The molecule has 0 aromatic heterocycles. The van der Waals surface area contributed by atoms with Crippen molar-refractivity contribution in [3.63, 3.8) is 0 Å². The van der Waals surface area contributed by atoms with Gasteiger partial charge in [0.2, 0.25) is 0 Å². The summed E-state index contributed by atoms with van der Waals surface area (Å²) in [5.74, 6) is 0.671. The third-order valence-corrected chi connectivity index (χ3v) is 7.74. The number of thioether (sulfide) groups is 2. The van der Waals surface area contributed by atoms with Gasteiger partial charge in [-0.15, -0.1) is 23.5 Å². The van der Waals surface area contributed by atoms with Crippen molar-refractivity contribution in [1.29, 1.82) is 0 Å². The van der Waals surface area contributed by atoms with Crippen molar-refractivity contribution in [2.24, 2.45) is 0 Å². The number of carbonyl (C=O) groups is 4. The van der Waals surface area contributed by atoms with Crippen molar-refractivity contribution >= 4 is 47.5 Å². The predicted molar refractivity (Wildman–Crippen MR) is 130 cm³/mol. The molecule has 0 unspecified atom stereocenters. The predicted octanol–water partition coefficient (Wildman–Crippen LogP) is 3.98. The van der Waals surface area contributed by atoms with Crippen LogP contribution in [0.1, 0.15) is 38.2 Å². The molecule has 2 fully saturated rings. The Bertz CT molecular complexity index is 899. The van der Waals surface area contributed by atoms with E-state index in [-0.39, 0.29) is 31.8 Å². The second-order valence-electron chi connectivity index (χ2n) is 7.60. The Hall–Kier alpha value is -2.46. The molecule has 5 amide bonds. The number of imide groups is 2. The fraction of sp³-hybridized carbons (Fsp3) is 0.478. The molecule has 0 spiro atoms. The van der Waals surface area contributed by atoms with Crippen LogP contribution in [0.15, 0.2) is 40.1 Å². The van der Waals surface area contributed by atoms with E-state index < -0.39 is 23.9 Å². The van der Waals surface area contributed by atoms with E-state index in [2.05, 4.69) is 5.32 Å². The van der Waals surface area contributed by atoms with Gasteiger partial charge in [0.15, 0.2) is 0 Å². The summed E-state index contributed by atoms with van der Waals surface area (Å²) in [5.41, 5.74) is 0.989. The van der Waals surface area contributed by atoms with Crippen LogP contribution in [0, 0.1) is 0 Å².